The fraction of sp³-hybridized carbons (Fsp3) is 0.824. The van der Waals surface area contributed by atoms with Crippen molar-refractivity contribution in [3.05, 3.63) is 0 Å². The highest BCUT2D eigenvalue weighted by Crippen LogP contribution is 2.14. The Labute approximate surface area is 158 Å². The van der Waals surface area contributed by atoms with Crippen LogP contribution in [0.2, 0.25) is 0 Å². The zero-order valence-corrected chi connectivity index (χ0v) is 17.6. The highest BCUT2D eigenvalue weighted by atomic mass is 79.9. The second kappa shape index (κ2) is 10.1. The van der Waals surface area contributed by atoms with Crippen molar-refractivity contribution in [2.45, 2.75) is 84.1 Å². The van der Waals surface area contributed by atoms with E-state index in [1.54, 1.807) is 41.5 Å². The molecule has 0 heterocycles. The molecular weight excluding hydrogens is 392 g/mol. The van der Waals surface area contributed by atoms with Gasteiger partial charge in [0.05, 0.1) is 11.4 Å². The third-order valence-electron chi connectivity index (χ3n) is 2.94. The number of carbonyl (C=O) groups is 3. The van der Waals surface area contributed by atoms with Crippen LogP contribution in [0.4, 0.5) is 4.79 Å². The summed E-state index contributed by atoms with van der Waals surface area (Å²) in [6.07, 6.45) is 0.515. The van der Waals surface area contributed by atoms with Crippen LogP contribution in [-0.4, -0.2) is 46.5 Å². The molecule has 0 aromatic heterocycles. The summed E-state index contributed by atoms with van der Waals surface area (Å²) in [5, 5.41) is 2.74. The average molecular weight is 423 g/mol. The lowest BCUT2D eigenvalue weighted by molar-refractivity contribution is -0.157. The number of alkyl carbamates (subject to hydrolysis) is 1. The van der Waals surface area contributed by atoms with E-state index in [1.807, 2.05) is 0 Å². The Hall–Kier alpha value is -1.15. The number of Topliss-reactive ketones (excluding diaryl/α,β-unsaturated/α-hetero) is 1. The Balaban J connectivity index is 4.81. The van der Waals surface area contributed by atoms with E-state index in [0.717, 1.165) is 0 Å². The Morgan fingerprint density at radius 3 is 1.96 bits per heavy atom. The van der Waals surface area contributed by atoms with Gasteiger partial charge in [0, 0.05) is 0 Å². The molecular formula is C17H31BrN2O5. The number of ether oxygens (including phenoxy) is 2. The maximum absolute atomic E-state index is 12.3. The number of hydrogen-bond acceptors (Lipinski definition) is 6. The lowest BCUT2D eigenvalue weighted by Crippen LogP contribution is -2.46. The fourth-order valence-corrected chi connectivity index (χ4v) is 2.29. The number of esters is 1. The SMILES string of the molecule is CC(C)(C)OC(=O)N[C@@H](CCCC(N)C(=O)CBr)C(=O)OC(C)(C)C. The van der Waals surface area contributed by atoms with Crippen LogP contribution in [0, 0.1) is 0 Å². The first-order valence-corrected chi connectivity index (χ1v) is 9.44. The highest BCUT2D eigenvalue weighted by Gasteiger charge is 2.28. The van der Waals surface area contributed by atoms with Crippen molar-refractivity contribution >= 4 is 33.8 Å². The number of nitrogens with two attached hydrogens (primary N) is 1. The molecule has 0 saturated heterocycles. The maximum Gasteiger partial charge on any atom is 0.408 e. The number of hydrogen-bond donors (Lipinski definition) is 2. The monoisotopic (exact) mass is 422 g/mol. The zero-order chi connectivity index (χ0) is 19.8. The quantitative estimate of drug-likeness (QED) is 0.459. The van der Waals surface area contributed by atoms with E-state index in [2.05, 4.69) is 21.2 Å². The number of nitrogens with one attached hydrogen (secondary N) is 1. The van der Waals surface area contributed by atoms with Gasteiger partial charge in [0.15, 0.2) is 5.78 Å². The lowest BCUT2D eigenvalue weighted by Gasteiger charge is -2.26. The molecule has 0 spiro atoms. The van der Waals surface area contributed by atoms with Crippen molar-refractivity contribution in [2.75, 3.05) is 5.33 Å². The van der Waals surface area contributed by atoms with E-state index < -0.39 is 35.3 Å². The van der Waals surface area contributed by atoms with Gasteiger partial charge in [-0.1, -0.05) is 15.9 Å². The molecule has 1 unspecified atom stereocenters. The summed E-state index contributed by atoms with van der Waals surface area (Å²) in [6, 6.07) is -1.46. The number of rotatable bonds is 8. The lowest BCUT2D eigenvalue weighted by atomic mass is 10.0. The van der Waals surface area contributed by atoms with Crippen LogP contribution in [0.5, 0.6) is 0 Å². The van der Waals surface area contributed by atoms with E-state index >= 15 is 0 Å². The van der Waals surface area contributed by atoms with Crippen LogP contribution in [0.3, 0.4) is 0 Å². The molecule has 2 atom stereocenters. The first-order valence-electron chi connectivity index (χ1n) is 8.32. The standard InChI is InChI=1S/C17H31BrN2O5/c1-16(2,3)24-14(22)12(20-15(23)25-17(4,5)6)9-7-8-11(19)13(21)10-18/h11-12H,7-10,19H2,1-6H3,(H,20,23)/t11?,12-/m0/s1. The van der Waals surface area contributed by atoms with Gasteiger partial charge in [-0.15, -0.1) is 0 Å². The van der Waals surface area contributed by atoms with Crippen molar-refractivity contribution in [1.29, 1.82) is 0 Å². The summed E-state index contributed by atoms with van der Waals surface area (Å²) in [5.41, 5.74) is 4.42. The topological polar surface area (TPSA) is 108 Å². The molecule has 8 heteroatoms. The summed E-state index contributed by atoms with van der Waals surface area (Å²) >= 11 is 3.08. The van der Waals surface area contributed by atoms with Gasteiger partial charge in [0.1, 0.15) is 17.2 Å². The molecule has 7 nitrogen and oxygen atoms in total. The molecule has 1 amide bonds. The Bertz CT molecular complexity index is 469. The van der Waals surface area contributed by atoms with Crippen LogP contribution in [0.1, 0.15) is 60.8 Å². The predicted molar refractivity (Wildman–Crippen MR) is 99.6 cm³/mol. The molecule has 0 saturated carbocycles. The van der Waals surface area contributed by atoms with Gasteiger partial charge < -0.3 is 20.5 Å². The van der Waals surface area contributed by atoms with Gasteiger partial charge >= 0.3 is 12.1 Å². The van der Waals surface area contributed by atoms with Crippen LogP contribution in [-0.2, 0) is 19.1 Å². The number of alkyl halides is 1. The fourth-order valence-electron chi connectivity index (χ4n) is 1.87. The average Bonchev–Trinajstić information content (AvgIpc) is 2.41. The summed E-state index contributed by atoms with van der Waals surface area (Å²) in [7, 11) is 0. The second-order valence-electron chi connectivity index (χ2n) is 7.87. The summed E-state index contributed by atoms with van der Waals surface area (Å²) in [5.74, 6) is -0.646. The molecule has 0 fully saturated rings. The minimum absolute atomic E-state index is 0.103. The van der Waals surface area contributed by atoms with Gasteiger partial charge in [0.25, 0.3) is 0 Å². The van der Waals surface area contributed by atoms with Crippen molar-refractivity contribution in [2.24, 2.45) is 5.73 Å². The largest absolute Gasteiger partial charge is 0.458 e. The Morgan fingerprint density at radius 1 is 1.00 bits per heavy atom. The third-order valence-corrected chi connectivity index (χ3v) is 3.49. The Kier molecular flexibility index (Phi) is 9.64. The molecule has 0 bridgehead atoms. The molecule has 0 aliphatic rings. The van der Waals surface area contributed by atoms with Crippen molar-refractivity contribution < 1.29 is 23.9 Å². The second-order valence-corrected chi connectivity index (χ2v) is 8.43. The molecule has 0 aliphatic heterocycles. The molecule has 0 aromatic rings. The van der Waals surface area contributed by atoms with Gasteiger partial charge in [0.2, 0.25) is 0 Å². The molecule has 0 aromatic carbocycles. The number of ketones is 1. The molecule has 0 aliphatic carbocycles. The normalized spacial score (nSPS) is 14.4. The van der Waals surface area contributed by atoms with E-state index in [9.17, 15) is 14.4 Å². The van der Waals surface area contributed by atoms with Gasteiger partial charge in [-0.3, -0.25) is 4.79 Å². The van der Waals surface area contributed by atoms with Crippen molar-refractivity contribution in [3.8, 4) is 0 Å². The summed E-state index contributed by atoms with van der Waals surface area (Å²) in [4.78, 5) is 35.8. The predicted octanol–water partition coefficient (Wildman–Crippen LogP) is 2.68. The number of halogens is 1. The van der Waals surface area contributed by atoms with E-state index in [1.165, 1.54) is 0 Å². The molecule has 0 rings (SSSR count). The molecule has 146 valence electrons. The van der Waals surface area contributed by atoms with Gasteiger partial charge in [-0.25, -0.2) is 9.59 Å². The first-order chi connectivity index (χ1) is 11.2. The van der Waals surface area contributed by atoms with E-state index in [4.69, 9.17) is 15.2 Å². The van der Waals surface area contributed by atoms with Crippen LogP contribution in [0.25, 0.3) is 0 Å². The number of amides is 1. The summed E-state index contributed by atoms with van der Waals surface area (Å²) < 4.78 is 10.5. The first kappa shape index (κ1) is 23.9. The highest BCUT2D eigenvalue weighted by molar-refractivity contribution is 9.09. The molecule has 0 radical (unpaired) electrons. The van der Waals surface area contributed by atoms with Gasteiger partial charge in [-0.05, 0) is 60.8 Å². The third kappa shape index (κ3) is 11.9. The van der Waals surface area contributed by atoms with Crippen LogP contribution >= 0.6 is 15.9 Å². The van der Waals surface area contributed by atoms with E-state index in [-0.39, 0.29) is 11.1 Å². The number of carbonyl (C=O) groups excluding carboxylic acids is 3. The zero-order valence-electron chi connectivity index (χ0n) is 16.0. The molecule has 25 heavy (non-hydrogen) atoms. The van der Waals surface area contributed by atoms with Crippen LogP contribution in [0.15, 0.2) is 0 Å². The minimum Gasteiger partial charge on any atom is -0.458 e. The smallest absolute Gasteiger partial charge is 0.408 e. The van der Waals surface area contributed by atoms with E-state index in [0.29, 0.717) is 19.3 Å². The van der Waals surface area contributed by atoms with Crippen molar-refractivity contribution in [1.82, 2.24) is 5.32 Å². The summed E-state index contributed by atoms with van der Waals surface area (Å²) in [6.45, 7) is 10.5. The maximum atomic E-state index is 12.3. The Morgan fingerprint density at radius 2 is 1.52 bits per heavy atom. The minimum atomic E-state index is -0.861. The van der Waals surface area contributed by atoms with Crippen LogP contribution < -0.4 is 11.1 Å². The molecule has 3 N–H and O–H groups in total. The van der Waals surface area contributed by atoms with Crippen molar-refractivity contribution in [3.63, 3.8) is 0 Å². The van der Waals surface area contributed by atoms with Gasteiger partial charge in [-0.2, -0.15) is 0 Å².